The molecule has 0 radical (unpaired) electrons. The molecule has 5 nitrogen and oxygen atoms in total. The van der Waals surface area contributed by atoms with E-state index in [0.29, 0.717) is 5.92 Å². The summed E-state index contributed by atoms with van der Waals surface area (Å²) in [6.07, 6.45) is 4.76. The molecule has 1 aromatic carbocycles. The van der Waals surface area contributed by atoms with Crippen LogP contribution in [0.4, 0.5) is 0 Å². The average molecular weight is 348 g/mol. The second-order valence-corrected chi connectivity index (χ2v) is 6.76. The molecule has 5 heteroatoms. The summed E-state index contributed by atoms with van der Waals surface area (Å²) in [6.45, 7) is 5.80. The topological polar surface area (TPSA) is 54.9 Å². The average Bonchev–Trinajstić information content (AvgIpc) is 3.47. The lowest BCUT2D eigenvalue weighted by Gasteiger charge is -2.15. The van der Waals surface area contributed by atoms with Gasteiger partial charge in [-0.05, 0) is 55.2 Å². The van der Waals surface area contributed by atoms with Crippen LogP contribution in [0, 0.1) is 5.92 Å². The molecule has 0 saturated heterocycles. The molecule has 0 spiro atoms. The summed E-state index contributed by atoms with van der Waals surface area (Å²) in [6, 6.07) is 8.31. The lowest BCUT2D eigenvalue weighted by atomic mass is 9.98. The highest BCUT2D eigenvalue weighted by molar-refractivity contribution is 5.79. The van der Waals surface area contributed by atoms with Gasteiger partial charge in [-0.2, -0.15) is 0 Å². The van der Waals surface area contributed by atoms with Crippen LogP contribution < -0.4 is 15.4 Å². The molecular formula is C20H33N3O2. The molecule has 0 aromatic heterocycles. The van der Waals surface area contributed by atoms with Crippen LogP contribution in [-0.2, 0) is 4.74 Å². The van der Waals surface area contributed by atoms with Crippen LogP contribution >= 0.6 is 0 Å². The zero-order valence-corrected chi connectivity index (χ0v) is 15.9. The van der Waals surface area contributed by atoms with Gasteiger partial charge >= 0.3 is 0 Å². The molecule has 0 aliphatic heterocycles. The minimum Gasteiger partial charge on any atom is -0.497 e. The van der Waals surface area contributed by atoms with Gasteiger partial charge in [-0.3, -0.25) is 4.99 Å². The fourth-order valence-corrected chi connectivity index (χ4v) is 2.64. The van der Waals surface area contributed by atoms with E-state index >= 15 is 0 Å². The molecule has 1 aliphatic rings. The number of hydrogen-bond donors (Lipinski definition) is 2. The molecular weight excluding hydrogens is 314 g/mol. The van der Waals surface area contributed by atoms with Gasteiger partial charge in [0.1, 0.15) is 5.75 Å². The SMILES string of the molecule is CN=C(NCCCOCC1CC1)NCCC(C)c1ccc(OC)cc1. The molecule has 2 N–H and O–H groups in total. The monoisotopic (exact) mass is 347 g/mol. The minimum absolute atomic E-state index is 0.493. The van der Waals surface area contributed by atoms with E-state index in [1.54, 1.807) is 7.11 Å². The Labute approximate surface area is 152 Å². The van der Waals surface area contributed by atoms with Crippen LogP contribution in [-0.4, -0.2) is 46.4 Å². The third-order valence-electron chi connectivity index (χ3n) is 4.59. The molecule has 1 fully saturated rings. The second kappa shape index (κ2) is 11.0. The van der Waals surface area contributed by atoms with Crippen LogP contribution in [0.3, 0.4) is 0 Å². The van der Waals surface area contributed by atoms with Crippen molar-refractivity contribution in [1.29, 1.82) is 0 Å². The lowest BCUT2D eigenvalue weighted by molar-refractivity contribution is 0.123. The standard InChI is InChI=1S/C20H33N3O2/c1-16(18-7-9-19(24-3)10-8-18)11-13-23-20(21-2)22-12-4-14-25-15-17-5-6-17/h7-10,16-17H,4-6,11-15H2,1-3H3,(H2,21,22,23). The van der Waals surface area contributed by atoms with E-state index in [1.165, 1.54) is 18.4 Å². The third-order valence-corrected chi connectivity index (χ3v) is 4.59. The Bertz CT molecular complexity index is 512. The van der Waals surface area contributed by atoms with E-state index in [2.05, 4.69) is 34.7 Å². The predicted octanol–water partition coefficient (Wildman–Crippen LogP) is 3.17. The molecule has 0 amide bonds. The van der Waals surface area contributed by atoms with Crippen LogP contribution in [0.5, 0.6) is 5.75 Å². The minimum atomic E-state index is 0.493. The van der Waals surface area contributed by atoms with Gasteiger partial charge in [-0.25, -0.2) is 0 Å². The first-order valence-corrected chi connectivity index (χ1v) is 9.39. The Morgan fingerprint density at radius 2 is 1.92 bits per heavy atom. The zero-order chi connectivity index (χ0) is 17.9. The Morgan fingerprint density at radius 1 is 1.20 bits per heavy atom. The van der Waals surface area contributed by atoms with E-state index in [9.17, 15) is 0 Å². The Hall–Kier alpha value is -1.75. The Balaban J connectivity index is 1.55. The quantitative estimate of drug-likeness (QED) is 0.367. The largest absolute Gasteiger partial charge is 0.497 e. The number of nitrogens with one attached hydrogen (secondary N) is 2. The van der Waals surface area contributed by atoms with Crippen LogP contribution in [0.15, 0.2) is 29.3 Å². The first kappa shape index (κ1) is 19.6. The summed E-state index contributed by atoms with van der Waals surface area (Å²) in [5.41, 5.74) is 1.33. The Kier molecular flexibility index (Phi) is 8.60. The van der Waals surface area contributed by atoms with Gasteiger partial charge in [0.2, 0.25) is 0 Å². The number of benzene rings is 1. The van der Waals surface area contributed by atoms with Gasteiger partial charge in [0.15, 0.2) is 5.96 Å². The summed E-state index contributed by atoms with van der Waals surface area (Å²) in [7, 11) is 3.51. The van der Waals surface area contributed by atoms with Gasteiger partial charge in [0.05, 0.1) is 7.11 Å². The van der Waals surface area contributed by atoms with Crippen molar-refractivity contribution in [3.8, 4) is 5.75 Å². The molecule has 1 aliphatic carbocycles. The third kappa shape index (κ3) is 7.78. The lowest BCUT2D eigenvalue weighted by Crippen LogP contribution is -2.38. The van der Waals surface area contributed by atoms with Crippen LogP contribution in [0.1, 0.15) is 44.1 Å². The molecule has 1 unspecified atom stereocenters. The number of nitrogens with zero attached hydrogens (tertiary/aromatic N) is 1. The van der Waals surface area contributed by atoms with Crippen molar-refractivity contribution in [2.24, 2.45) is 10.9 Å². The second-order valence-electron chi connectivity index (χ2n) is 6.76. The first-order chi connectivity index (χ1) is 12.2. The molecule has 1 saturated carbocycles. The molecule has 1 atom stereocenters. The van der Waals surface area contributed by atoms with Crippen LogP contribution in [0.25, 0.3) is 0 Å². The fourth-order valence-electron chi connectivity index (χ4n) is 2.64. The van der Waals surface area contributed by atoms with Crippen molar-refractivity contribution in [3.63, 3.8) is 0 Å². The number of ether oxygens (including phenoxy) is 2. The van der Waals surface area contributed by atoms with E-state index in [-0.39, 0.29) is 0 Å². The molecule has 2 rings (SSSR count). The van der Waals surface area contributed by atoms with Gasteiger partial charge in [0.25, 0.3) is 0 Å². The summed E-state index contributed by atoms with van der Waals surface area (Å²) >= 11 is 0. The van der Waals surface area contributed by atoms with Crippen molar-refractivity contribution >= 4 is 5.96 Å². The van der Waals surface area contributed by atoms with E-state index < -0.39 is 0 Å². The molecule has 0 bridgehead atoms. The Morgan fingerprint density at radius 3 is 2.56 bits per heavy atom. The van der Waals surface area contributed by atoms with Gasteiger partial charge < -0.3 is 20.1 Å². The van der Waals surface area contributed by atoms with E-state index in [0.717, 1.165) is 56.8 Å². The van der Waals surface area contributed by atoms with Gasteiger partial charge in [-0.15, -0.1) is 0 Å². The zero-order valence-electron chi connectivity index (χ0n) is 15.9. The summed E-state index contributed by atoms with van der Waals surface area (Å²) in [5, 5.41) is 6.73. The molecule has 25 heavy (non-hydrogen) atoms. The summed E-state index contributed by atoms with van der Waals surface area (Å²) in [4.78, 5) is 4.27. The highest BCUT2D eigenvalue weighted by Gasteiger charge is 2.20. The molecule has 1 aromatic rings. The summed E-state index contributed by atoms with van der Waals surface area (Å²) < 4.78 is 10.8. The highest BCUT2D eigenvalue weighted by Crippen LogP contribution is 2.28. The van der Waals surface area contributed by atoms with Crippen LogP contribution in [0.2, 0.25) is 0 Å². The van der Waals surface area contributed by atoms with E-state index in [4.69, 9.17) is 9.47 Å². The van der Waals surface area contributed by atoms with Gasteiger partial charge in [-0.1, -0.05) is 19.1 Å². The van der Waals surface area contributed by atoms with Gasteiger partial charge in [0, 0.05) is 33.4 Å². The number of methoxy groups -OCH3 is 1. The number of hydrogen-bond acceptors (Lipinski definition) is 3. The maximum Gasteiger partial charge on any atom is 0.190 e. The maximum atomic E-state index is 5.64. The number of rotatable bonds is 11. The number of guanidine groups is 1. The van der Waals surface area contributed by atoms with Crippen molar-refractivity contribution in [3.05, 3.63) is 29.8 Å². The van der Waals surface area contributed by atoms with E-state index in [1.807, 2.05) is 19.2 Å². The van der Waals surface area contributed by atoms with Crippen molar-refractivity contribution in [2.45, 2.75) is 38.5 Å². The van der Waals surface area contributed by atoms with Crippen molar-refractivity contribution in [2.75, 3.05) is 40.5 Å². The molecule has 0 heterocycles. The summed E-state index contributed by atoms with van der Waals surface area (Å²) in [5.74, 6) is 3.10. The normalized spacial score (nSPS) is 15.7. The highest BCUT2D eigenvalue weighted by atomic mass is 16.5. The van der Waals surface area contributed by atoms with Crippen molar-refractivity contribution in [1.82, 2.24) is 10.6 Å². The van der Waals surface area contributed by atoms with Crippen molar-refractivity contribution < 1.29 is 9.47 Å². The number of aliphatic imine (C=N–C) groups is 1. The smallest absolute Gasteiger partial charge is 0.190 e. The molecule has 140 valence electrons. The first-order valence-electron chi connectivity index (χ1n) is 9.39. The maximum absolute atomic E-state index is 5.64. The fraction of sp³-hybridized carbons (Fsp3) is 0.650. The predicted molar refractivity (Wildman–Crippen MR) is 104 cm³/mol.